The minimum Gasteiger partial charge on any atom is -0.268 e. The van der Waals surface area contributed by atoms with Crippen LogP contribution in [0.15, 0.2) is 44.7 Å². The molecule has 3 heterocycles. The van der Waals surface area contributed by atoms with Crippen LogP contribution < -0.4 is 4.90 Å². The zero-order valence-corrected chi connectivity index (χ0v) is 14.0. The van der Waals surface area contributed by atoms with E-state index in [-0.39, 0.29) is 5.91 Å². The minimum absolute atomic E-state index is 0.102. The Labute approximate surface area is 137 Å². The fourth-order valence-electron chi connectivity index (χ4n) is 1.73. The van der Waals surface area contributed by atoms with E-state index in [1.54, 1.807) is 29.8 Å². The van der Waals surface area contributed by atoms with E-state index in [0.29, 0.717) is 14.9 Å². The molecule has 0 N–H and O–H groups in total. The SMILES string of the molecule is O=C1/C(=C/c2csc(Br)c2)SC(=S)N1c1cccnc1. The number of thiocarbonyl (C=S) groups is 1. The number of hydrogen-bond donors (Lipinski definition) is 0. The smallest absolute Gasteiger partial charge is 0.268 e. The van der Waals surface area contributed by atoms with Gasteiger partial charge in [-0.1, -0.05) is 24.0 Å². The van der Waals surface area contributed by atoms with Crippen LogP contribution in [0.3, 0.4) is 0 Å². The number of thiophene rings is 1. The Hall–Kier alpha value is -1.02. The van der Waals surface area contributed by atoms with Crippen molar-refractivity contribution >= 4 is 73.2 Å². The van der Waals surface area contributed by atoms with Crippen LogP contribution in [0.25, 0.3) is 6.08 Å². The summed E-state index contributed by atoms with van der Waals surface area (Å²) in [5.41, 5.74) is 1.69. The zero-order chi connectivity index (χ0) is 14.1. The average Bonchev–Trinajstić information content (AvgIpc) is 2.96. The first-order valence-electron chi connectivity index (χ1n) is 5.57. The summed E-state index contributed by atoms with van der Waals surface area (Å²) >= 11 is 11.6. The van der Waals surface area contributed by atoms with Gasteiger partial charge < -0.3 is 0 Å². The molecule has 1 aliphatic heterocycles. The highest BCUT2D eigenvalue weighted by Crippen LogP contribution is 2.36. The molecule has 1 aliphatic rings. The van der Waals surface area contributed by atoms with E-state index in [4.69, 9.17) is 12.2 Å². The van der Waals surface area contributed by atoms with Crippen LogP contribution >= 0.6 is 51.2 Å². The van der Waals surface area contributed by atoms with Crippen molar-refractivity contribution in [2.75, 3.05) is 4.90 Å². The van der Waals surface area contributed by atoms with Gasteiger partial charge in [0.1, 0.15) is 0 Å². The second-order valence-corrected chi connectivity index (χ2v) is 7.88. The maximum Gasteiger partial charge on any atom is 0.270 e. The second-order valence-electron chi connectivity index (χ2n) is 3.91. The molecule has 2 aromatic heterocycles. The van der Waals surface area contributed by atoms with Gasteiger partial charge in [0, 0.05) is 6.20 Å². The number of rotatable bonds is 2. The first kappa shape index (κ1) is 13.9. The lowest BCUT2D eigenvalue weighted by Gasteiger charge is -2.13. The summed E-state index contributed by atoms with van der Waals surface area (Å²) in [6, 6.07) is 5.58. The Morgan fingerprint density at radius 1 is 1.45 bits per heavy atom. The normalized spacial score (nSPS) is 17.2. The van der Waals surface area contributed by atoms with Crippen molar-refractivity contribution in [2.24, 2.45) is 0 Å². The second kappa shape index (κ2) is 5.77. The van der Waals surface area contributed by atoms with Crippen molar-refractivity contribution in [1.82, 2.24) is 4.98 Å². The van der Waals surface area contributed by atoms with Gasteiger partial charge in [-0.05, 0) is 51.1 Å². The molecular formula is C13H7BrN2OS3. The van der Waals surface area contributed by atoms with Crippen LogP contribution in [0.4, 0.5) is 5.69 Å². The number of anilines is 1. The van der Waals surface area contributed by atoms with Crippen LogP contribution in [0.2, 0.25) is 0 Å². The highest BCUT2D eigenvalue weighted by atomic mass is 79.9. The molecule has 7 heteroatoms. The van der Waals surface area contributed by atoms with Crippen molar-refractivity contribution < 1.29 is 4.79 Å². The number of nitrogens with zero attached hydrogens (tertiary/aromatic N) is 2. The van der Waals surface area contributed by atoms with Crippen LogP contribution in [0.5, 0.6) is 0 Å². The molecule has 1 fully saturated rings. The van der Waals surface area contributed by atoms with Gasteiger partial charge in [0.2, 0.25) is 0 Å². The number of carbonyl (C=O) groups excluding carboxylic acids is 1. The molecule has 0 aliphatic carbocycles. The lowest BCUT2D eigenvalue weighted by atomic mass is 10.3. The van der Waals surface area contributed by atoms with Crippen LogP contribution in [0, 0.1) is 0 Å². The third-order valence-corrected chi connectivity index (χ3v) is 5.41. The van der Waals surface area contributed by atoms with Gasteiger partial charge in [-0.15, -0.1) is 11.3 Å². The van der Waals surface area contributed by atoms with Gasteiger partial charge in [-0.25, -0.2) is 0 Å². The molecule has 1 amide bonds. The van der Waals surface area contributed by atoms with Crippen LogP contribution in [-0.4, -0.2) is 15.2 Å². The number of pyridine rings is 1. The topological polar surface area (TPSA) is 33.2 Å². The molecule has 1 saturated heterocycles. The molecule has 0 bridgehead atoms. The molecule has 0 spiro atoms. The van der Waals surface area contributed by atoms with E-state index in [0.717, 1.165) is 9.35 Å². The molecule has 0 radical (unpaired) electrons. The number of aromatic nitrogens is 1. The fraction of sp³-hybridized carbons (Fsp3) is 0. The quantitative estimate of drug-likeness (QED) is 0.572. The monoisotopic (exact) mass is 382 g/mol. The van der Waals surface area contributed by atoms with Gasteiger partial charge in [0.15, 0.2) is 4.32 Å². The van der Waals surface area contributed by atoms with Crippen molar-refractivity contribution in [3.8, 4) is 0 Å². The average molecular weight is 383 g/mol. The summed E-state index contributed by atoms with van der Waals surface area (Å²) < 4.78 is 1.56. The lowest BCUT2D eigenvalue weighted by Crippen LogP contribution is -2.27. The minimum atomic E-state index is -0.102. The van der Waals surface area contributed by atoms with E-state index in [1.165, 1.54) is 16.7 Å². The van der Waals surface area contributed by atoms with E-state index >= 15 is 0 Å². The van der Waals surface area contributed by atoms with E-state index in [2.05, 4.69) is 20.9 Å². The third-order valence-electron chi connectivity index (χ3n) is 2.58. The van der Waals surface area contributed by atoms with Gasteiger partial charge in [0.05, 0.1) is 20.6 Å². The van der Waals surface area contributed by atoms with Gasteiger partial charge in [-0.3, -0.25) is 14.7 Å². The molecule has 3 nitrogen and oxygen atoms in total. The van der Waals surface area contributed by atoms with Crippen LogP contribution in [0.1, 0.15) is 5.56 Å². The standard InChI is InChI=1S/C13H7BrN2OS3/c14-11-5-8(7-19-11)4-10-12(17)16(13(18)20-10)9-2-1-3-15-6-9/h1-7H/b10-4-. The molecular weight excluding hydrogens is 376 g/mol. The largest absolute Gasteiger partial charge is 0.270 e. The van der Waals surface area contributed by atoms with E-state index in [9.17, 15) is 4.79 Å². The molecule has 0 atom stereocenters. The first-order valence-corrected chi connectivity index (χ1v) is 8.47. The summed E-state index contributed by atoms with van der Waals surface area (Å²) in [4.78, 5) is 18.6. The zero-order valence-electron chi connectivity index (χ0n) is 9.95. The predicted octanol–water partition coefficient (Wildman–Crippen LogP) is 4.31. The highest BCUT2D eigenvalue weighted by molar-refractivity contribution is 9.11. The van der Waals surface area contributed by atoms with Crippen molar-refractivity contribution in [2.45, 2.75) is 0 Å². The number of hydrogen-bond acceptors (Lipinski definition) is 5. The Morgan fingerprint density at radius 3 is 2.95 bits per heavy atom. The lowest BCUT2D eigenvalue weighted by molar-refractivity contribution is -0.113. The summed E-state index contributed by atoms with van der Waals surface area (Å²) in [6.45, 7) is 0. The summed E-state index contributed by atoms with van der Waals surface area (Å²) in [6.07, 6.45) is 5.16. The van der Waals surface area contributed by atoms with E-state index in [1.807, 2.05) is 23.6 Å². The number of thioether (sulfide) groups is 1. The summed E-state index contributed by atoms with van der Waals surface area (Å²) in [5.74, 6) is -0.102. The van der Waals surface area contributed by atoms with Crippen LogP contribution in [-0.2, 0) is 4.79 Å². The molecule has 0 saturated carbocycles. The number of carbonyl (C=O) groups is 1. The highest BCUT2D eigenvalue weighted by Gasteiger charge is 2.33. The molecule has 0 aromatic carbocycles. The predicted molar refractivity (Wildman–Crippen MR) is 91.9 cm³/mol. The third kappa shape index (κ3) is 2.71. The van der Waals surface area contributed by atoms with E-state index < -0.39 is 0 Å². The fourth-order valence-corrected chi connectivity index (χ4v) is 4.16. The molecule has 3 rings (SSSR count). The van der Waals surface area contributed by atoms with Crippen molar-refractivity contribution in [3.05, 3.63) is 50.2 Å². The Morgan fingerprint density at radius 2 is 2.30 bits per heavy atom. The first-order chi connectivity index (χ1) is 9.65. The Kier molecular flexibility index (Phi) is 4.02. The summed E-state index contributed by atoms with van der Waals surface area (Å²) in [7, 11) is 0. The van der Waals surface area contributed by atoms with Gasteiger partial charge in [-0.2, -0.15) is 0 Å². The maximum absolute atomic E-state index is 12.4. The van der Waals surface area contributed by atoms with Gasteiger partial charge in [0.25, 0.3) is 5.91 Å². The molecule has 20 heavy (non-hydrogen) atoms. The van der Waals surface area contributed by atoms with Crippen molar-refractivity contribution in [3.63, 3.8) is 0 Å². The molecule has 0 unspecified atom stereocenters. The Bertz CT molecular complexity index is 711. The maximum atomic E-state index is 12.4. The summed E-state index contributed by atoms with van der Waals surface area (Å²) in [5, 5.41) is 1.99. The number of amides is 1. The van der Waals surface area contributed by atoms with Gasteiger partial charge >= 0.3 is 0 Å². The Balaban J connectivity index is 1.93. The molecule has 100 valence electrons. The number of halogens is 1. The molecule has 2 aromatic rings. The van der Waals surface area contributed by atoms with Crippen molar-refractivity contribution in [1.29, 1.82) is 0 Å².